The van der Waals surface area contributed by atoms with E-state index in [0.717, 1.165) is 30.0 Å². The fourth-order valence-corrected chi connectivity index (χ4v) is 2.41. The molecular weight excluding hydrogens is 262 g/mol. The summed E-state index contributed by atoms with van der Waals surface area (Å²) >= 11 is 0. The maximum Gasteiger partial charge on any atom is 0.260 e. The lowest BCUT2D eigenvalue weighted by Crippen LogP contribution is -2.39. The monoisotopic (exact) mass is 291 g/mol. The molecule has 21 heavy (non-hydrogen) atoms. The molecule has 118 valence electrons. The Hall–Kier alpha value is -1.51. The molecule has 1 aromatic rings. The largest absolute Gasteiger partial charge is 0.483 e. The van der Waals surface area contributed by atoms with Crippen molar-refractivity contribution < 1.29 is 9.53 Å². The molecule has 0 unspecified atom stereocenters. The Morgan fingerprint density at radius 2 is 1.52 bits per heavy atom. The van der Waals surface area contributed by atoms with E-state index in [1.54, 1.807) is 0 Å². The van der Waals surface area contributed by atoms with Gasteiger partial charge in [0.05, 0.1) is 0 Å². The number of aryl methyl sites for hydroxylation is 2. The first-order chi connectivity index (χ1) is 9.81. The summed E-state index contributed by atoms with van der Waals surface area (Å²) in [4.78, 5) is 14.3. The van der Waals surface area contributed by atoms with E-state index in [1.165, 1.54) is 0 Å². The third kappa shape index (κ3) is 5.78. The van der Waals surface area contributed by atoms with E-state index in [9.17, 15) is 4.79 Å². The van der Waals surface area contributed by atoms with E-state index < -0.39 is 0 Å². The van der Waals surface area contributed by atoms with Crippen molar-refractivity contribution in [3.63, 3.8) is 0 Å². The third-order valence-corrected chi connectivity index (χ3v) is 3.27. The molecule has 0 fully saturated rings. The molecule has 0 spiro atoms. The number of rotatable bonds is 7. The van der Waals surface area contributed by atoms with Gasteiger partial charge in [-0.15, -0.1) is 0 Å². The average Bonchev–Trinajstić information content (AvgIpc) is 2.36. The van der Waals surface area contributed by atoms with Crippen LogP contribution in [0, 0.1) is 25.7 Å². The Kier molecular flexibility index (Phi) is 6.73. The number of nitrogens with zero attached hydrogens (tertiary/aromatic N) is 1. The summed E-state index contributed by atoms with van der Waals surface area (Å²) in [5, 5.41) is 0. The normalized spacial score (nSPS) is 11.0. The van der Waals surface area contributed by atoms with Gasteiger partial charge < -0.3 is 9.64 Å². The molecule has 0 aliphatic carbocycles. The molecule has 3 nitrogen and oxygen atoms in total. The number of amides is 1. The minimum absolute atomic E-state index is 0.0695. The Morgan fingerprint density at radius 3 is 1.95 bits per heavy atom. The van der Waals surface area contributed by atoms with Gasteiger partial charge in [-0.2, -0.15) is 0 Å². The van der Waals surface area contributed by atoms with Crippen molar-refractivity contribution in [2.45, 2.75) is 41.5 Å². The first-order valence-electron chi connectivity index (χ1n) is 7.78. The minimum atomic E-state index is 0.0695. The second-order valence-corrected chi connectivity index (χ2v) is 6.60. The molecule has 0 saturated carbocycles. The summed E-state index contributed by atoms with van der Waals surface area (Å²) in [5.41, 5.74) is 2.14. The standard InChI is InChI=1S/C18H29NO2/c1-13(2)10-19(11-14(3)4)17(20)12-21-18-15(5)8-7-9-16(18)6/h7-9,13-14H,10-12H2,1-6H3. The SMILES string of the molecule is Cc1cccc(C)c1OCC(=O)N(CC(C)C)CC(C)C. The van der Waals surface area contributed by atoms with Gasteiger partial charge in [0.1, 0.15) is 5.75 Å². The molecule has 0 bridgehead atoms. The molecule has 0 N–H and O–H groups in total. The van der Waals surface area contributed by atoms with Crippen molar-refractivity contribution in [2.24, 2.45) is 11.8 Å². The van der Waals surface area contributed by atoms with Crippen LogP contribution in [0.4, 0.5) is 0 Å². The molecule has 0 saturated heterocycles. The molecule has 3 heteroatoms. The summed E-state index contributed by atoms with van der Waals surface area (Å²) < 4.78 is 5.78. The highest BCUT2D eigenvalue weighted by atomic mass is 16.5. The van der Waals surface area contributed by atoms with Gasteiger partial charge in [-0.1, -0.05) is 45.9 Å². The average molecular weight is 291 g/mol. The second kappa shape index (κ2) is 8.06. The zero-order chi connectivity index (χ0) is 16.0. The summed E-state index contributed by atoms with van der Waals surface area (Å²) in [6.45, 7) is 14.2. The predicted octanol–water partition coefficient (Wildman–Crippen LogP) is 3.82. The molecule has 1 aromatic carbocycles. The van der Waals surface area contributed by atoms with Crippen molar-refractivity contribution in [3.8, 4) is 5.75 Å². The maximum atomic E-state index is 12.4. The molecule has 0 aromatic heterocycles. The lowest BCUT2D eigenvalue weighted by Gasteiger charge is -2.26. The van der Waals surface area contributed by atoms with Crippen LogP contribution < -0.4 is 4.74 Å². The van der Waals surface area contributed by atoms with E-state index in [2.05, 4.69) is 27.7 Å². The van der Waals surface area contributed by atoms with Crippen LogP contribution in [0.25, 0.3) is 0 Å². The summed E-state index contributed by atoms with van der Waals surface area (Å²) in [5.74, 6) is 1.83. The molecule has 0 heterocycles. The molecule has 0 atom stereocenters. The van der Waals surface area contributed by atoms with Crippen LogP contribution in [0.2, 0.25) is 0 Å². The quantitative estimate of drug-likeness (QED) is 0.764. The molecule has 0 aliphatic rings. The molecule has 1 rings (SSSR count). The van der Waals surface area contributed by atoms with Crippen molar-refractivity contribution in [1.29, 1.82) is 0 Å². The predicted molar refractivity (Wildman–Crippen MR) is 87.7 cm³/mol. The second-order valence-electron chi connectivity index (χ2n) is 6.60. The van der Waals surface area contributed by atoms with Crippen molar-refractivity contribution in [2.75, 3.05) is 19.7 Å². The van der Waals surface area contributed by atoms with Crippen LogP contribution in [0.5, 0.6) is 5.75 Å². The van der Waals surface area contributed by atoms with Gasteiger partial charge in [-0.25, -0.2) is 0 Å². The van der Waals surface area contributed by atoms with Crippen LogP contribution in [-0.2, 0) is 4.79 Å². The summed E-state index contributed by atoms with van der Waals surface area (Å²) in [6.07, 6.45) is 0. The van der Waals surface area contributed by atoms with E-state index in [0.29, 0.717) is 11.8 Å². The van der Waals surface area contributed by atoms with Crippen LogP contribution in [-0.4, -0.2) is 30.5 Å². The summed E-state index contributed by atoms with van der Waals surface area (Å²) in [7, 11) is 0. The van der Waals surface area contributed by atoms with E-state index in [-0.39, 0.29) is 12.5 Å². The Balaban J connectivity index is 2.69. The number of benzene rings is 1. The van der Waals surface area contributed by atoms with Gasteiger partial charge in [-0.3, -0.25) is 4.79 Å². The molecule has 0 radical (unpaired) electrons. The van der Waals surface area contributed by atoms with Gasteiger partial charge in [0.2, 0.25) is 0 Å². The number of carbonyl (C=O) groups excluding carboxylic acids is 1. The molecule has 0 aliphatic heterocycles. The fourth-order valence-electron chi connectivity index (χ4n) is 2.41. The highest BCUT2D eigenvalue weighted by Crippen LogP contribution is 2.22. The van der Waals surface area contributed by atoms with E-state index >= 15 is 0 Å². The van der Waals surface area contributed by atoms with E-state index in [4.69, 9.17) is 4.74 Å². The Labute approximate surface area is 129 Å². The zero-order valence-electron chi connectivity index (χ0n) is 14.3. The highest BCUT2D eigenvalue weighted by molar-refractivity contribution is 5.77. The summed E-state index contributed by atoms with van der Waals surface area (Å²) in [6, 6.07) is 6.02. The lowest BCUT2D eigenvalue weighted by molar-refractivity contribution is -0.134. The zero-order valence-corrected chi connectivity index (χ0v) is 14.3. The van der Waals surface area contributed by atoms with Crippen LogP contribution in [0.1, 0.15) is 38.8 Å². The van der Waals surface area contributed by atoms with Crippen molar-refractivity contribution in [1.82, 2.24) is 4.90 Å². The van der Waals surface area contributed by atoms with Gasteiger partial charge in [0.15, 0.2) is 6.61 Å². The van der Waals surface area contributed by atoms with Gasteiger partial charge in [-0.05, 0) is 36.8 Å². The van der Waals surface area contributed by atoms with Crippen LogP contribution >= 0.6 is 0 Å². The maximum absolute atomic E-state index is 12.4. The van der Waals surface area contributed by atoms with Crippen LogP contribution in [0.15, 0.2) is 18.2 Å². The number of hydrogen-bond donors (Lipinski definition) is 0. The topological polar surface area (TPSA) is 29.5 Å². The van der Waals surface area contributed by atoms with E-state index in [1.807, 2.05) is 36.9 Å². The number of para-hydroxylation sites is 1. The lowest BCUT2D eigenvalue weighted by atomic mass is 10.1. The third-order valence-electron chi connectivity index (χ3n) is 3.27. The fraction of sp³-hybridized carbons (Fsp3) is 0.611. The van der Waals surface area contributed by atoms with Crippen molar-refractivity contribution >= 4 is 5.91 Å². The van der Waals surface area contributed by atoms with Gasteiger partial charge in [0, 0.05) is 13.1 Å². The Morgan fingerprint density at radius 1 is 1.05 bits per heavy atom. The minimum Gasteiger partial charge on any atom is -0.483 e. The number of ether oxygens (including phenoxy) is 1. The van der Waals surface area contributed by atoms with Gasteiger partial charge >= 0.3 is 0 Å². The molecular formula is C18H29NO2. The number of carbonyl (C=O) groups is 1. The smallest absolute Gasteiger partial charge is 0.260 e. The first kappa shape index (κ1) is 17.5. The van der Waals surface area contributed by atoms with Crippen molar-refractivity contribution in [3.05, 3.63) is 29.3 Å². The Bertz CT molecular complexity index is 436. The first-order valence-corrected chi connectivity index (χ1v) is 7.78. The van der Waals surface area contributed by atoms with Gasteiger partial charge in [0.25, 0.3) is 5.91 Å². The number of hydrogen-bond acceptors (Lipinski definition) is 2. The molecule has 1 amide bonds. The van der Waals surface area contributed by atoms with Crippen LogP contribution in [0.3, 0.4) is 0 Å². The highest BCUT2D eigenvalue weighted by Gasteiger charge is 2.17.